The number of carbonyl (C=O) groups excluding carboxylic acids is 1. The second-order valence-corrected chi connectivity index (χ2v) is 7.55. The van der Waals surface area contributed by atoms with Gasteiger partial charge >= 0.3 is 0 Å². The average Bonchev–Trinajstić information content (AvgIpc) is 2.78. The lowest BCUT2D eigenvalue weighted by Crippen LogP contribution is -2.43. The fraction of sp³-hybridized carbons (Fsp3) is 0.333. The summed E-state index contributed by atoms with van der Waals surface area (Å²) in [4.78, 5) is 27.7. The Hall–Kier alpha value is -3.32. The molecule has 0 N–H and O–H groups in total. The summed E-state index contributed by atoms with van der Waals surface area (Å²) in [7, 11) is 1.59. The van der Waals surface area contributed by atoms with Crippen LogP contribution in [0.5, 0.6) is 11.5 Å². The van der Waals surface area contributed by atoms with Gasteiger partial charge in [-0.1, -0.05) is 6.07 Å². The Labute approximate surface area is 180 Å². The Bertz CT molecular complexity index is 1160. The molecule has 7 nitrogen and oxygen atoms in total. The molecule has 1 aromatic heterocycles. The Morgan fingerprint density at radius 2 is 1.81 bits per heavy atom. The third-order valence-corrected chi connectivity index (χ3v) is 5.35. The van der Waals surface area contributed by atoms with Crippen LogP contribution in [0.4, 0.5) is 0 Å². The van der Waals surface area contributed by atoms with E-state index in [9.17, 15) is 9.59 Å². The van der Waals surface area contributed by atoms with Gasteiger partial charge in [0.05, 0.1) is 25.7 Å². The van der Waals surface area contributed by atoms with Crippen molar-refractivity contribution in [3.8, 4) is 22.8 Å². The zero-order chi connectivity index (χ0) is 22.0. The normalized spacial score (nSPS) is 14.0. The highest BCUT2D eigenvalue weighted by Crippen LogP contribution is 2.33. The molecule has 0 bridgehead atoms. The van der Waals surface area contributed by atoms with Crippen molar-refractivity contribution in [3.63, 3.8) is 0 Å². The van der Waals surface area contributed by atoms with Crippen molar-refractivity contribution in [2.75, 3.05) is 40.0 Å². The second kappa shape index (κ2) is 8.81. The van der Waals surface area contributed by atoms with E-state index in [1.165, 1.54) is 0 Å². The topological polar surface area (TPSA) is 78.2 Å². The molecule has 2 aromatic carbocycles. The molecule has 7 heteroatoms. The second-order valence-electron chi connectivity index (χ2n) is 7.55. The Balaban J connectivity index is 1.77. The van der Waals surface area contributed by atoms with Crippen molar-refractivity contribution in [1.82, 2.24) is 4.90 Å². The first-order valence-electron chi connectivity index (χ1n) is 10.2. The molecular weight excluding hydrogens is 398 g/mol. The molecule has 1 amide bonds. The molecule has 2 heterocycles. The Morgan fingerprint density at radius 3 is 2.48 bits per heavy atom. The summed E-state index contributed by atoms with van der Waals surface area (Å²) < 4.78 is 22.5. The molecule has 1 aliphatic rings. The molecule has 31 heavy (non-hydrogen) atoms. The Kier molecular flexibility index (Phi) is 5.95. The van der Waals surface area contributed by atoms with Crippen LogP contribution in [-0.2, 0) is 9.53 Å². The Morgan fingerprint density at radius 1 is 1.10 bits per heavy atom. The molecule has 1 fully saturated rings. The van der Waals surface area contributed by atoms with E-state index in [1.807, 2.05) is 26.0 Å². The lowest BCUT2D eigenvalue weighted by atomic mass is 10.0. The molecule has 4 rings (SSSR count). The molecule has 0 spiro atoms. The van der Waals surface area contributed by atoms with Crippen molar-refractivity contribution in [2.45, 2.75) is 13.8 Å². The van der Waals surface area contributed by atoms with Gasteiger partial charge in [0.25, 0.3) is 5.91 Å². The minimum absolute atomic E-state index is 0.0335. The predicted octanol–water partition coefficient (Wildman–Crippen LogP) is 3.32. The number of methoxy groups -OCH3 is 1. The molecule has 0 atom stereocenters. The number of fused-ring (bicyclic) bond motifs is 1. The highest BCUT2D eigenvalue weighted by molar-refractivity contribution is 5.86. The summed E-state index contributed by atoms with van der Waals surface area (Å²) in [5, 5.41) is 0.455. The van der Waals surface area contributed by atoms with Crippen LogP contribution in [0.15, 0.2) is 45.6 Å². The lowest BCUT2D eigenvalue weighted by molar-refractivity contribution is -0.137. The van der Waals surface area contributed by atoms with E-state index in [2.05, 4.69) is 0 Å². The fourth-order valence-corrected chi connectivity index (χ4v) is 3.77. The van der Waals surface area contributed by atoms with Crippen molar-refractivity contribution < 1.29 is 23.4 Å². The van der Waals surface area contributed by atoms with Gasteiger partial charge in [-0.3, -0.25) is 9.59 Å². The lowest BCUT2D eigenvalue weighted by Gasteiger charge is -2.26. The van der Waals surface area contributed by atoms with Crippen LogP contribution < -0.4 is 14.9 Å². The van der Waals surface area contributed by atoms with E-state index in [4.69, 9.17) is 18.6 Å². The van der Waals surface area contributed by atoms with Crippen LogP contribution in [0.3, 0.4) is 0 Å². The number of benzene rings is 2. The van der Waals surface area contributed by atoms with Gasteiger partial charge in [0, 0.05) is 18.7 Å². The van der Waals surface area contributed by atoms with Crippen molar-refractivity contribution >= 4 is 16.9 Å². The maximum Gasteiger partial charge on any atom is 0.260 e. The van der Waals surface area contributed by atoms with Crippen LogP contribution in [0, 0.1) is 13.8 Å². The minimum Gasteiger partial charge on any atom is -0.497 e. The van der Waals surface area contributed by atoms with Gasteiger partial charge in [-0.2, -0.15) is 0 Å². The summed E-state index contributed by atoms with van der Waals surface area (Å²) in [5.74, 6) is 0.818. The van der Waals surface area contributed by atoms with Gasteiger partial charge in [-0.05, 0) is 55.3 Å². The van der Waals surface area contributed by atoms with E-state index in [0.29, 0.717) is 54.3 Å². The van der Waals surface area contributed by atoms with Gasteiger partial charge in [-0.15, -0.1) is 0 Å². The number of nitrogens with zero attached hydrogens (tertiary/aromatic N) is 1. The number of carbonyl (C=O) groups is 1. The maximum atomic E-state index is 13.4. The van der Waals surface area contributed by atoms with Gasteiger partial charge in [0.15, 0.2) is 12.4 Å². The first-order valence-corrected chi connectivity index (χ1v) is 10.2. The van der Waals surface area contributed by atoms with Gasteiger partial charge in [0.1, 0.15) is 11.3 Å². The molecule has 0 saturated carbocycles. The van der Waals surface area contributed by atoms with E-state index in [1.54, 1.807) is 36.3 Å². The number of morpholine rings is 1. The monoisotopic (exact) mass is 423 g/mol. The quantitative estimate of drug-likeness (QED) is 0.627. The smallest absolute Gasteiger partial charge is 0.260 e. The third kappa shape index (κ3) is 4.27. The molecule has 1 saturated heterocycles. The number of hydrogen-bond donors (Lipinski definition) is 0. The fourth-order valence-electron chi connectivity index (χ4n) is 3.77. The van der Waals surface area contributed by atoms with E-state index in [-0.39, 0.29) is 23.7 Å². The van der Waals surface area contributed by atoms with Gasteiger partial charge in [0.2, 0.25) is 11.2 Å². The van der Waals surface area contributed by atoms with E-state index >= 15 is 0 Å². The summed E-state index contributed by atoms with van der Waals surface area (Å²) >= 11 is 0. The number of ether oxygens (including phenoxy) is 3. The molecule has 162 valence electrons. The summed E-state index contributed by atoms with van der Waals surface area (Å²) in [6.07, 6.45) is 0. The number of hydrogen-bond acceptors (Lipinski definition) is 6. The molecule has 3 aromatic rings. The molecule has 0 aliphatic carbocycles. The summed E-state index contributed by atoms with van der Waals surface area (Å²) in [6, 6.07) is 10.9. The zero-order valence-corrected chi connectivity index (χ0v) is 17.9. The maximum absolute atomic E-state index is 13.4. The largest absolute Gasteiger partial charge is 0.497 e. The molecule has 0 radical (unpaired) electrons. The number of aryl methyl sites for hydroxylation is 2. The molecule has 1 aliphatic heterocycles. The average molecular weight is 423 g/mol. The first-order chi connectivity index (χ1) is 15.0. The van der Waals surface area contributed by atoms with Gasteiger partial charge < -0.3 is 23.5 Å². The van der Waals surface area contributed by atoms with Crippen LogP contribution in [0.2, 0.25) is 0 Å². The summed E-state index contributed by atoms with van der Waals surface area (Å²) in [5.41, 5.74) is 2.65. The van der Waals surface area contributed by atoms with Crippen LogP contribution >= 0.6 is 0 Å². The van der Waals surface area contributed by atoms with Crippen LogP contribution in [0.25, 0.3) is 22.3 Å². The standard InChI is InChI=1S/C24H25NO6/c1-15-12-16(2)21-19(13-15)31-23(17-4-6-18(28-3)7-5-17)24(22(21)27)30-14-20(26)25-8-10-29-11-9-25/h4-7,12-13H,8-11,14H2,1-3H3. The third-order valence-electron chi connectivity index (χ3n) is 5.35. The highest BCUT2D eigenvalue weighted by Gasteiger charge is 2.22. The van der Waals surface area contributed by atoms with Crippen LogP contribution in [-0.4, -0.2) is 50.8 Å². The SMILES string of the molecule is COc1ccc(-c2oc3cc(C)cc(C)c3c(=O)c2OCC(=O)N2CCOCC2)cc1. The van der Waals surface area contributed by atoms with Gasteiger partial charge in [-0.25, -0.2) is 0 Å². The van der Waals surface area contributed by atoms with Crippen LogP contribution in [0.1, 0.15) is 11.1 Å². The van der Waals surface area contributed by atoms with Crippen molar-refractivity contribution in [3.05, 3.63) is 57.7 Å². The first kappa shape index (κ1) is 20.9. The minimum atomic E-state index is -0.292. The van der Waals surface area contributed by atoms with Crippen molar-refractivity contribution in [1.29, 1.82) is 0 Å². The summed E-state index contributed by atoms with van der Waals surface area (Å²) in [6.45, 7) is 5.59. The highest BCUT2D eigenvalue weighted by atomic mass is 16.5. The van der Waals surface area contributed by atoms with E-state index < -0.39 is 0 Å². The predicted molar refractivity (Wildman–Crippen MR) is 117 cm³/mol. The zero-order valence-electron chi connectivity index (χ0n) is 17.9. The van der Waals surface area contributed by atoms with Crippen molar-refractivity contribution in [2.24, 2.45) is 0 Å². The molecular formula is C24H25NO6. The molecule has 0 unspecified atom stereocenters. The number of rotatable bonds is 5. The number of amides is 1. The van der Waals surface area contributed by atoms with E-state index in [0.717, 1.165) is 11.1 Å².